The van der Waals surface area contributed by atoms with E-state index in [1.54, 1.807) is 12.1 Å². The lowest BCUT2D eigenvalue weighted by Gasteiger charge is -2.25. The maximum absolute atomic E-state index is 12.2. The van der Waals surface area contributed by atoms with Gasteiger partial charge in [0, 0.05) is 18.3 Å². The van der Waals surface area contributed by atoms with Crippen molar-refractivity contribution in [1.82, 2.24) is 9.99 Å². The third kappa shape index (κ3) is 3.40. The molecule has 0 radical (unpaired) electrons. The Bertz CT molecular complexity index is 803. The Labute approximate surface area is 151 Å². The van der Waals surface area contributed by atoms with Gasteiger partial charge in [-0.2, -0.15) is 0 Å². The van der Waals surface area contributed by atoms with Gasteiger partial charge in [0.25, 0.3) is 11.6 Å². The average Bonchev–Trinajstić information content (AvgIpc) is 2.91. The second-order valence-electron chi connectivity index (χ2n) is 4.87. The van der Waals surface area contributed by atoms with Crippen molar-refractivity contribution >= 4 is 52.4 Å². The number of halogens is 2. The van der Waals surface area contributed by atoms with Crippen molar-refractivity contribution in [2.24, 2.45) is 0 Å². The number of pyridine rings is 1. The van der Waals surface area contributed by atoms with Crippen molar-refractivity contribution < 1.29 is 9.72 Å². The zero-order chi connectivity index (χ0) is 17.3. The molecule has 7 nitrogen and oxygen atoms in total. The molecule has 0 spiro atoms. The lowest BCUT2D eigenvalue weighted by atomic mass is 10.2. The molecule has 2 aromatic rings. The minimum atomic E-state index is -0.468. The Morgan fingerprint density at radius 2 is 2.04 bits per heavy atom. The van der Waals surface area contributed by atoms with Crippen LogP contribution in [0.2, 0.25) is 10.0 Å². The van der Waals surface area contributed by atoms with Crippen LogP contribution in [0, 0.1) is 10.1 Å². The molecular formula is C14H10Cl2N4O3S. The maximum atomic E-state index is 12.2. The molecule has 1 atom stereocenters. The Balaban J connectivity index is 1.85. The zero-order valence-corrected chi connectivity index (χ0v) is 14.3. The van der Waals surface area contributed by atoms with Crippen molar-refractivity contribution in [3.05, 3.63) is 62.3 Å². The molecule has 0 bridgehead atoms. The molecule has 2 heterocycles. The molecule has 1 aromatic carbocycles. The first-order chi connectivity index (χ1) is 11.5. The molecule has 0 aliphatic carbocycles. The molecule has 10 heteroatoms. The van der Waals surface area contributed by atoms with Crippen molar-refractivity contribution in [3.63, 3.8) is 0 Å². The zero-order valence-electron chi connectivity index (χ0n) is 12.0. The fourth-order valence-electron chi connectivity index (χ4n) is 2.16. The molecule has 1 saturated heterocycles. The van der Waals surface area contributed by atoms with Crippen LogP contribution in [0.3, 0.4) is 0 Å². The van der Waals surface area contributed by atoms with E-state index in [2.05, 4.69) is 10.4 Å². The number of carbonyl (C=O) groups excluding carboxylic acids is 1. The van der Waals surface area contributed by atoms with Crippen LogP contribution in [0.4, 0.5) is 11.5 Å². The Morgan fingerprint density at radius 3 is 2.67 bits per heavy atom. The van der Waals surface area contributed by atoms with Gasteiger partial charge in [0.1, 0.15) is 5.37 Å². The number of thioether (sulfide) groups is 1. The number of hydrazine groups is 1. The number of anilines is 1. The number of hydrogen-bond acceptors (Lipinski definition) is 6. The first-order valence-corrected chi connectivity index (χ1v) is 8.52. The van der Waals surface area contributed by atoms with Gasteiger partial charge in [-0.05, 0) is 23.8 Å². The second kappa shape index (κ2) is 6.84. The van der Waals surface area contributed by atoms with E-state index >= 15 is 0 Å². The first-order valence-electron chi connectivity index (χ1n) is 6.71. The number of aromatic nitrogens is 1. The van der Waals surface area contributed by atoms with Gasteiger partial charge in [0.05, 0.1) is 20.7 Å². The van der Waals surface area contributed by atoms with Gasteiger partial charge in [-0.3, -0.25) is 20.3 Å². The summed E-state index contributed by atoms with van der Waals surface area (Å²) in [6.45, 7) is 0. The van der Waals surface area contributed by atoms with E-state index in [4.69, 9.17) is 23.2 Å². The largest absolute Gasteiger partial charge is 0.277 e. The number of nitro groups is 1. The highest BCUT2D eigenvalue weighted by atomic mass is 35.5. The van der Waals surface area contributed by atoms with E-state index in [9.17, 15) is 14.9 Å². The van der Waals surface area contributed by atoms with Crippen LogP contribution in [0.1, 0.15) is 10.9 Å². The number of carbonyl (C=O) groups is 1. The van der Waals surface area contributed by atoms with Crippen LogP contribution >= 0.6 is 35.0 Å². The quantitative estimate of drug-likeness (QED) is 0.635. The Hall–Kier alpha value is -2.03. The van der Waals surface area contributed by atoms with Crippen molar-refractivity contribution in [2.75, 3.05) is 11.2 Å². The summed E-state index contributed by atoms with van der Waals surface area (Å²) in [6.07, 6.45) is 1.42. The highest BCUT2D eigenvalue weighted by Gasteiger charge is 2.34. The maximum Gasteiger partial charge on any atom is 0.269 e. The number of rotatable bonds is 4. The van der Waals surface area contributed by atoms with Gasteiger partial charge in [-0.15, -0.1) is 11.8 Å². The van der Waals surface area contributed by atoms with E-state index in [0.29, 0.717) is 10.8 Å². The number of benzene rings is 1. The predicted molar refractivity (Wildman–Crippen MR) is 93.0 cm³/mol. The normalized spacial score (nSPS) is 17.2. The summed E-state index contributed by atoms with van der Waals surface area (Å²) in [4.78, 5) is 26.5. The number of nitrogens with one attached hydrogen (secondary N) is 1. The van der Waals surface area contributed by atoms with Gasteiger partial charge in [0.2, 0.25) is 0 Å². The monoisotopic (exact) mass is 384 g/mol. The minimum absolute atomic E-state index is 0.00463. The number of nitrogens with zero attached hydrogens (tertiary/aromatic N) is 3. The number of amides is 1. The predicted octanol–water partition coefficient (Wildman–Crippen LogP) is 3.90. The Morgan fingerprint density at radius 1 is 1.33 bits per heavy atom. The van der Waals surface area contributed by atoms with Gasteiger partial charge < -0.3 is 0 Å². The van der Waals surface area contributed by atoms with Gasteiger partial charge in [-0.25, -0.2) is 9.99 Å². The molecule has 1 aromatic heterocycles. The summed E-state index contributed by atoms with van der Waals surface area (Å²) in [5.41, 5.74) is 3.65. The molecule has 1 aliphatic heterocycles. The lowest BCUT2D eigenvalue weighted by Crippen LogP contribution is -2.34. The molecule has 0 saturated carbocycles. The van der Waals surface area contributed by atoms with E-state index in [1.165, 1.54) is 41.2 Å². The summed E-state index contributed by atoms with van der Waals surface area (Å²) >= 11 is 13.3. The molecule has 1 N–H and O–H groups in total. The topological polar surface area (TPSA) is 88.4 Å². The van der Waals surface area contributed by atoms with Crippen LogP contribution in [-0.2, 0) is 4.79 Å². The molecular weight excluding hydrogens is 375 g/mol. The van der Waals surface area contributed by atoms with Gasteiger partial charge >= 0.3 is 0 Å². The SMILES string of the molecule is O=C1CSC(c2ccc([N+](=O)[O-])cc2)N1Nc1ncc(Cl)cc1Cl. The van der Waals surface area contributed by atoms with Crippen LogP contribution in [0.5, 0.6) is 0 Å². The van der Waals surface area contributed by atoms with Crippen LogP contribution in [-0.4, -0.2) is 26.6 Å². The van der Waals surface area contributed by atoms with E-state index in [1.807, 2.05) is 0 Å². The summed E-state index contributed by atoms with van der Waals surface area (Å²) in [5.74, 6) is 0.444. The third-order valence-corrected chi connectivity index (χ3v) is 5.00. The smallest absolute Gasteiger partial charge is 0.269 e. The minimum Gasteiger partial charge on any atom is -0.277 e. The number of nitro benzene ring substituents is 1. The molecule has 1 amide bonds. The molecule has 124 valence electrons. The fraction of sp³-hybridized carbons (Fsp3) is 0.143. The molecule has 1 aliphatic rings. The Kier molecular flexibility index (Phi) is 4.79. The molecule has 1 fully saturated rings. The summed E-state index contributed by atoms with van der Waals surface area (Å²) in [6, 6.07) is 7.59. The average molecular weight is 385 g/mol. The van der Waals surface area contributed by atoms with Crippen LogP contribution < -0.4 is 5.43 Å². The summed E-state index contributed by atoms with van der Waals surface area (Å²) in [7, 11) is 0. The second-order valence-corrected chi connectivity index (χ2v) is 6.78. The molecule has 1 unspecified atom stereocenters. The van der Waals surface area contributed by atoms with E-state index < -0.39 is 4.92 Å². The first kappa shape index (κ1) is 16.8. The van der Waals surface area contributed by atoms with Gasteiger partial charge in [0.15, 0.2) is 5.82 Å². The van der Waals surface area contributed by atoms with Crippen molar-refractivity contribution in [1.29, 1.82) is 0 Å². The van der Waals surface area contributed by atoms with E-state index in [-0.39, 0.29) is 27.7 Å². The van der Waals surface area contributed by atoms with E-state index in [0.717, 1.165) is 5.56 Å². The fourth-order valence-corrected chi connectivity index (χ4v) is 3.69. The van der Waals surface area contributed by atoms with Crippen LogP contribution in [0.15, 0.2) is 36.5 Å². The van der Waals surface area contributed by atoms with Crippen LogP contribution in [0.25, 0.3) is 0 Å². The number of non-ortho nitro benzene ring substituents is 1. The summed E-state index contributed by atoms with van der Waals surface area (Å²) in [5, 5.41) is 12.5. The highest BCUT2D eigenvalue weighted by Crippen LogP contribution is 2.39. The highest BCUT2D eigenvalue weighted by molar-refractivity contribution is 8.00. The third-order valence-electron chi connectivity index (χ3n) is 3.29. The van der Waals surface area contributed by atoms with Crippen molar-refractivity contribution in [3.8, 4) is 0 Å². The van der Waals surface area contributed by atoms with Gasteiger partial charge in [-0.1, -0.05) is 23.2 Å². The standard InChI is InChI=1S/C14H10Cl2N4O3S/c15-9-5-11(16)13(17-6-9)18-19-12(21)7-24-14(19)8-1-3-10(4-2-8)20(22)23/h1-6,14H,7H2,(H,17,18). The molecule has 3 rings (SSSR count). The van der Waals surface area contributed by atoms with Crippen molar-refractivity contribution in [2.45, 2.75) is 5.37 Å². The number of hydrogen-bond donors (Lipinski definition) is 1. The lowest BCUT2D eigenvalue weighted by molar-refractivity contribution is -0.384. The summed E-state index contributed by atoms with van der Waals surface area (Å²) < 4.78 is 0. The molecule has 24 heavy (non-hydrogen) atoms.